The molecule has 1 aliphatic heterocycles. The number of hydrogen-bond donors (Lipinski definition) is 2. The number of aliphatic hydroxyl groups excluding tert-OH is 1. The number of nitrogens with one attached hydrogen (secondary N) is 1. The van der Waals surface area contributed by atoms with Crippen LogP contribution in [0.4, 0.5) is 5.95 Å². The molecule has 0 aliphatic carbocycles. The summed E-state index contributed by atoms with van der Waals surface area (Å²) < 4.78 is 1.58. The maximum Gasteiger partial charge on any atom is 0.268 e. The van der Waals surface area contributed by atoms with Gasteiger partial charge in [-0.2, -0.15) is 0 Å². The zero-order chi connectivity index (χ0) is 19.1. The largest absolute Gasteiger partial charge is 0.392 e. The molecule has 8 heteroatoms. The molecule has 1 atom stereocenters. The maximum absolute atomic E-state index is 13.5. The summed E-state index contributed by atoms with van der Waals surface area (Å²) in [5.74, 6) is 0.433. The Kier molecular flexibility index (Phi) is 4.94. The highest BCUT2D eigenvalue weighted by atomic mass is 35.5. The normalized spacial score (nSPS) is 15.7. The summed E-state index contributed by atoms with van der Waals surface area (Å²) in [5, 5.41) is 14.1. The molecule has 4 rings (SSSR count). The standard InChI is InChI=1S/C19H21ClN4O2S/c1-11(25)9-21-19-22-17-16(14-7-8-23(2)10-15(14)27-17)18(26)24(19)13-5-3-12(20)4-6-13/h3-6,11,25H,7-10H2,1-2H3,(H,21,22)/t11-/m0/s1. The van der Waals surface area contributed by atoms with Crippen molar-refractivity contribution in [3.63, 3.8) is 0 Å². The van der Waals surface area contributed by atoms with Crippen molar-refractivity contribution in [2.45, 2.75) is 26.0 Å². The summed E-state index contributed by atoms with van der Waals surface area (Å²) in [7, 11) is 2.09. The summed E-state index contributed by atoms with van der Waals surface area (Å²) in [4.78, 5) is 22.4. The van der Waals surface area contributed by atoms with Crippen LogP contribution in [0.25, 0.3) is 15.9 Å². The molecular formula is C19H21ClN4O2S. The molecule has 6 nitrogen and oxygen atoms in total. The molecular weight excluding hydrogens is 384 g/mol. The fourth-order valence-electron chi connectivity index (χ4n) is 3.36. The quantitative estimate of drug-likeness (QED) is 0.699. The van der Waals surface area contributed by atoms with E-state index in [9.17, 15) is 9.90 Å². The van der Waals surface area contributed by atoms with Gasteiger partial charge in [0, 0.05) is 29.5 Å². The Labute approximate surface area is 166 Å². The van der Waals surface area contributed by atoms with Crippen LogP contribution >= 0.6 is 22.9 Å². The van der Waals surface area contributed by atoms with Crippen LogP contribution in [0.5, 0.6) is 0 Å². The first-order chi connectivity index (χ1) is 12.9. The van der Waals surface area contributed by atoms with E-state index in [1.54, 1.807) is 47.1 Å². The van der Waals surface area contributed by atoms with Crippen LogP contribution in [0, 0.1) is 0 Å². The summed E-state index contributed by atoms with van der Waals surface area (Å²) >= 11 is 7.60. The zero-order valence-electron chi connectivity index (χ0n) is 15.2. The molecule has 2 aromatic heterocycles. The lowest BCUT2D eigenvalue weighted by Gasteiger charge is -2.22. The number of hydrogen-bond acceptors (Lipinski definition) is 6. The van der Waals surface area contributed by atoms with E-state index in [0.29, 0.717) is 28.6 Å². The SMILES string of the molecule is C[C@H](O)CNc1nc2sc3c(c2c(=O)n1-c1ccc(Cl)cc1)CCN(C)C3. The monoisotopic (exact) mass is 404 g/mol. The number of thiophene rings is 1. The number of benzene rings is 1. The van der Waals surface area contributed by atoms with Gasteiger partial charge in [0.2, 0.25) is 5.95 Å². The smallest absolute Gasteiger partial charge is 0.268 e. The van der Waals surface area contributed by atoms with Crippen molar-refractivity contribution in [1.29, 1.82) is 0 Å². The van der Waals surface area contributed by atoms with E-state index in [2.05, 4.69) is 17.3 Å². The molecule has 0 radical (unpaired) electrons. The minimum absolute atomic E-state index is 0.0857. The molecule has 0 spiro atoms. The van der Waals surface area contributed by atoms with Gasteiger partial charge in [0.25, 0.3) is 5.56 Å². The van der Waals surface area contributed by atoms with E-state index < -0.39 is 6.10 Å². The number of likely N-dealkylation sites (N-methyl/N-ethyl adjacent to an activating group) is 1. The fraction of sp³-hybridized carbons (Fsp3) is 0.368. The van der Waals surface area contributed by atoms with Crippen molar-refractivity contribution in [3.05, 3.63) is 50.1 Å². The van der Waals surface area contributed by atoms with Crippen LogP contribution < -0.4 is 10.9 Å². The maximum atomic E-state index is 13.5. The zero-order valence-corrected chi connectivity index (χ0v) is 16.8. The van der Waals surface area contributed by atoms with Crippen LogP contribution in [-0.2, 0) is 13.0 Å². The first-order valence-corrected chi connectivity index (χ1v) is 10.1. The van der Waals surface area contributed by atoms with E-state index in [0.717, 1.165) is 29.9 Å². The molecule has 0 bridgehead atoms. The average Bonchev–Trinajstić information content (AvgIpc) is 2.98. The van der Waals surface area contributed by atoms with Crippen molar-refractivity contribution >= 4 is 39.1 Å². The molecule has 2 N–H and O–H groups in total. The molecule has 0 amide bonds. The second kappa shape index (κ2) is 7.24. The van der Waals surface area contributed by atoms with E-state index in [1.807, 2.05) is 0 Å². The van der Waals surface area contributed by atoms with Crippen molar-refractivity contribution in [2.75, 3.05) is 25.5 Å². The molecule has 1 aliphatic rings. The Bertz CT molecular complexity index is 1040. The summed E-state index contributed by atoms with van der Waals surface area (Å²) in [6.45, 7) is 3.77. The number of rotatable bonds is 4. The predicted octanol–water partition coefficient (Wildman–Crippen LogP) is 2.88. The van der Waals surface area contributed by atoms with Gasteiger partial charge in [0.05, 0.1) is 17.2 Å². The second-order valence-electron chi connectivity index (χ2n) is 6.95. The molecule has 3 heterocycles. The van der Waals surface area contributed by atoms with Gasteiger partial charge in [-0.1, -0.05) is 11.6 Å². The summed E-state index contributed by atoms with van der Waals surface area (Å²) in [5.41, 5.74) is 1.73. The van der Waals surface area contributed by atoms with Crippen LogP contribution in [0.15, 0.2) is 29.1 Å². The molecule has 3 aromatic rings. The number of fused-ring (bicyclic) bond motifs is 3. The molecule has 142 valence electrons. The van der Waals surface area contributed by atoms with Gasteiger partial charge in [0.1, 0.15) is 4.83 Å². The average molecular weight is 405 g/mol. The molecule has 0 unspecified atom stereocenters. The Hall–Kier alpha value is -1.93. The Morgan fingerprint density at radius 2 is 2.11 bits per heavy atom. The Morgan fingerprint density at radius 3 is 2.81 bits per heavy atom. The van der Waals surface area contributed by atoms with Crippen LogP contribution in [0.3, 0.4) is 0 Å². The highest BCUT2D eigenvalue weighted by molar-refractivity contribution is 7.18. The third-order valence-electron chi connectivity index (χ3n) is 4.71. The fourth-order valence-corrected chi connectivity index (χ4v) is 4.77. The number of aliphatic hydroxyl groups is 1. The molecule has 27 heavy (non-hydrogen) atoms. The summed E-state index contributed by atoms with van der Waals surface area (Å²) in [6, 6.07) is 7.11. The second-order valence-corrected chi connectivity index (χ2v) is 8.47. The number of halogens is 1. The van der Waals surface area contributed by atoms with Crippen molar-refractivity contribution in [1.82, 2.24) is 14.5 Å². The molecule has 0 saturated carbocycles. The predicted molar refractivity (Wildman–Crippen MR) is 110 cm³/mol. The first kappa shape index (κ1) is 18.4. The van der Waals surface area contributed by atoms with E-state index >= 15 is 0 Å². The van der Waals surface area contributed by atoms with Crippen molar-refractivity contribution < 1.29 is 5.11 Å². The Balaban J connectivity index is 1.94. The molecule has 0 saturated heterocycles. The lowest BCUT2D eigenvalue weighted by molar-refractivity contribution is 0.208. The van der Waals surface area contributed by atoms with Gasteiger partial charge in [-0.25, -0.2) is 9.55 Å². The van der Waals surface area contributed by atoms with Gasteiger partial charge >= 0.3 is 0 Å². The highest BCUT2D eigenvalue weighted by Gasteiger charge is 2.24. The number of nitrogens with zero attached hydrogens (tertiary/aromatic N) is 3. The number of aromatic nitrogens is 2. The Morgan fingerprint density at radius 1 is 1.37 bits per heavy atom. The third kappa shape index (κ3) is 3.48. The van der Waals surface area contributed by atoms with Crippen molar-refractivity contribution in [3.8, 4) is 5.69 Å². The lowest BCUT2D eigenvalue weighted by Crippen LogP contribution is -2.28. The van der Waals surface area contributed by atoms with Crippen molar-refractivity contribution in [2.24, 2.45) is 0 Å². The van der Waals surface area contributed by atoms with E-state index in [1.165, 1.54) is 4.88 Å². The van der Waals surface area contributed by atoms with E-state index in [4.69, 9.17) is 16.6 Å². The number of anilines is 1. The molecule has 0 fully saturated rings. The lowest BCUT2D eigenvalue weighted by atomic mass is 10.1. The van der Waals surface area contributed by atoms with Gasteiger partial charge in [-0.3, -0.25) is 4.79 Å². The van der Waals surface area contributed by atoms with Gasteiger partial charge in [-0.15, -0.1) is 11.3 Å². The van der Waals surface area contributed by atoms with Gasteiger partial charge < -0.3 is 15.3 Å². The van der Waals surface area contributed by atoms with Crippen LogP contribution in [-0.4, -0.2) is 45.8 Å². The van der Waals surface area contributed by atoms with Gasteiger partial charge in [-0.05, 0) is 50.2 Å². The van der Waals surface area contributed by atoms with E-state index in [-0.39, 0.29) is 5.56 Å². The minimum atomic E-state index is -0.554. The van der Waals surface area contributed by atoms with Gasteiger partial charge in [0.15, 0.2) is 0 Å². The van der Waals surface area contributed by atoms with Crippen LogP contribution in [0.2, 0.25) is 5.02 Å². The third-order valence-corrected chi connectivity index (χ3v) is 6.07. The molecule has 1 aromatic carbocycles. The van der Waals surface area contributed by atoms with Crippen LogP contribution in [0.1, 0.15) is 17.4 Å². The summed E-state index contributed by atoms with van der Waals surface area (Å²) in [6.07, 6.45) is 0.297. The topological polar surface area (TPSA) is 70.4 Å². The first-order valence-electron chi connectivity index (χ1n) is 8.87. The highest BCUT2D eigenvalue weighted by Crippen LogP contribution is 2.33. The minimum Gasteiger partial charge on any atom is -0.392 e.